The van der Waals surface area contributed by atoms with Gasteiger partial charge in [-0.3, -0.25) is 4.68 Å². The Kier molecular flexibility index (Phi) is 7.23. The van der Waals surface area contributed by atoms with E-state index >= 15 is 0 Å². The lowest BCUT2D eigenvalue weighted by Crippen LogP contribution is -2.43. The van der Waals surface area contributed by atoms with Crippen molar-refractivity contribution in [1.29, 1.82) is 0 Å². The summed E-state index contributed by atoms with van der Waals surface area (Å²) in [6, 6.07) is 6.42. The molecule has 8 nitrogen and oxygen atoms in total. The van der Waals surface area contributed by atoms with E-state index in [1.807, 2.05) is 6.07 Å². The number of pyridine rings is 1. The first-order chi connectivity index (χ1) is 16.5. The van der Waals surface area contributed by atoms with E-state index in [1.165, 1.54) is 30.7 Å². The molecular formula is C22H24Cl2F2N6O2S. The normalized spacial score (nSPS) is 14.6. The van der Waals surface area contributed by atoms with Crippen LogP contribution in [-0.4, -0.2) is 55.9 Å². The third-order valence-corrected chi connectivity index (χ3v) is 8.54. The summed E-state index contributed by atoms with van der Waals surface area (Å²) in [7, 11) is -3.29. The van der Waals surface area contributed by atoms with Crippen LogP contribution in [0.3, 0.4) is 0 Å². The van der Waals surface area contributed by atoms with Gasteiger partial charge in [0.05, 0.1) is 21.4 Å². The Hall–Kier alpha value is -2.47. The van der Waals surface area contributed by atoms with Crippen LogP contribution in [0.4, 0.5) is 20.3 Å². The molecule has 0 saturated carbocycles. The minimum absolute atomic E-state index is 0.0202. The van der Waals surface area contributed by atoms with Crippen molar-refractivity contribution in [3.8, 4) is 11.1 Å². The van der Waals surface area contributed by atoms with Crippen LogP contribution in [0, 0.1) is 13.8 Å². The number of rotatable bonds is 6. The summed E-state index contributed by atoms with van der Waals surface area (Å²) in [5.74, 6) is 0.763. The number of hydrogen-bond acceptors (Lipinski definition) is 6. The fourth-order valence-corrected chi connectivity index (χ4v) is 6.73. The van der Waals surface area contributed by atoms with E-state index in [1.54, 1.807) is 19.3 Å². The van der Waals surface area contributed by atoms with Gasteiger partial charge >= 0.3 is 6.55 Å². The van der Waals surface area contributed by atoms with Gasteiger partial charge in [-0.1, -0.05) is 23.2 Å². The number of alkyl halides is 2. The molecule has 1 fully saturated rings. The van der Waals surface area contributed by atoms with Crippen LogP contribution in [0.2, 0.25) is 10.0 Å². The maximum Gasteiger partial charge on any atom is 0.328 e. The standard InChI is InChI=1S/C22H24Cl2F2N6O2S/c1-13-20(14(2)30(3)29-13)32(22(25)26)35(33,34)21-17(23)10-16(11-18(21)24)15-4-5-28-19(12-15)31-8-6-27-7-9-31/h4-5,10-12,22,27H,6-9H2,1-3H3. The minimum atomic E-state index is -4.83. The van der Waals surface area contributed by atoms with Crippen molar-refractivity contribution in [2.45, 2.75) is 25.3 Å². The number of nitrogens with zero attached hydrogens (tertiary/aromatic N) is 5. The molecule has 0 spiro atoms. The zero-order valence-electron chi connectivity index (χ0n) is 19.3. The molecule has 0 aliphatic carbocycles. The largest absolute Gasteiger partial charge is 0.354 e. The summed E-state index contributed by atoms with van der Waals surface area (Å²) in [5, 5.41) is 6.81. The Bertz CT molecular complexity index is 1340. The molecule has 3 heterocycles. The first kappa shape index (κ1) is 25.6. The highest BCUT2D eigenvalue weighted by Gasteiger charge is 2.38. The lowest BCUT2D eigenvalue weighted by molar-refractivity contribution is 0.161. The smallest absolute Gasteiger partial charge is 0.328 e. The molecule has 0 amide bonds. The summed E-state index contributed by atoms with van der Waals surface area (Å²) in [6.45, 7) is 2.86. The maximum atomic E-state index is 14.2. The molecule has 0 radical (unpaired) electrons. The van der Waals surface area contributed by atoms with Crippen LogP contribution < -0.4 is 14.5 Å². The number of hydrogen-bond donors (Lipinski definition) is 1. The zero-order chi connectivity index (χ0) is 25.5. The van der Waals surface area contributed by atoms with Gasteiger partial charge in [0.25, 0.3) is 10.0 Å². The SMILES string of the molecule is Cc1nn(C)c(C)c1N(C(F)F)S(=O)(=O)c1c(Cl)cc(-c2ccnc(N3CCNCC3)c2)cc1Cl. The fourth-order valence-electron chi connectivity index (χ4n) is 4.14. The van der Waals surface area contributed by atoms with Gasteiger partial charge in [-0.15, -0.1) is 0 Å². The fraction of sp³-hybridized carbons (Fsp3) is 0.364. The second-order valence-electron chi connectivity index (χ2n) is 8.13. The third kappa shape index (κ3) is 4.82. The molecule has 0 atom stereocenters. The number of aryl methyl sites for hydroxylation is 2. The van der Waals surface area contributed by atoms with Gasteiger partial charge in [0, 0.05) is 39.4 Å². The topological polar surface area (TPSA) is 83.4 Å². The van der Waals surface area contributed by atoms with Gasteiger partial charge in [-0.2, -0.15) is 13.9 Å². The van der Waals surface area contributed by atoms with Gasteiger partial charge in [0.1, 0.15) is 16.4 Å². The minimum Gasteiger partial charge on any atom is -0.354 e. The molecule has 4 rings (SSSR count). The average Bonchev–Trinajstić information content (AvgIpc) is 3.05. The lowest BCUT2D eigenvalue weighted by atomic mass is 10.1. The predicted molar refractivity (Wildman–Crippen MR) is 133 cm³/mol. The van der Waals surface area contributed by atoms with E-state index in [0.29, 0.717) is 11.1 Å². The molecule has 0 unspecified atom stereocenters. The molecule has 2 aromatic heterocycles. The van der Waals surface area contributed by atoms with Crippen molar-refractivity contribution in [2.24, 2.45) is 7.05 Å². The van der Waals surface area contributed by atoms with Crippen molar-refractivity contribution in [1.82, 2.24) is 20.1 Å². The number of anilines is 2. The predicted octanol–water partition coefficient (Wildman–Crippen LogP) is 4.23. The van der Waals surface area contributed by atoms with Crippen LogP contribution >= 0.6 is 23.2 Å². The Morgan fingerprint density at radius 3 is 2.26 bits per heavy atom. The highest BCUT2D eigenvalue weighted by Crippen LogP contribution is 2.40. The number of halogens is 4. The summed E-state index contributed by atoms with van der Waals surface area (Å²) in [4.78, 5) is 5.96. The first-order valence-electron chi connectivity index (χ1n) is 10.8. The Balaban J connectivity index is 1.77. The highest BCUT2D eigenvalue weighted by molar-refractivity contribution is 7.93. The molecule has 1 saturated heterocycles. The summed E-state index contributed by atoms with van der Waals surface area (Å²) < 4.78 is 56.6. The molecule has 3 aromatic rings. The Morgan fingerprint density at radius 2 is 1.71 bits per heavy atom. The van der Waals surface area contributed by atoms with E-state index in [0.717, 1.165) is 32.0 Å². The lowest BCUT2D eigenvalue weighted by Gasteiger charge is -2.28. The van der Waals surface area contributed by atoms with Crippen LogP contribution in [-0.2, 0) is 17.1 Å². The van der Waals surface area contributed by atoms with Crippen LogP contribution in [0.1, 0.15) is 11.4 Å². The average molecular weight is 545 g/mol. The number of benzene rings is 1. The van der Waals surface area contributed by atoms with Crippen molar-refractivity contribution >= 4 is 44.7 Å². The van der Waals surface area contributed by atoms with Gasteiger partial charge in [0.15, 0.2) is 0 Å². The van der Waals surface area contributed by atoms with Crippen LogP contribution in [0.15, 0.2) is 35.4 Å². The van der Waals surface area contributed by atoms with E-state index in [9.17, 15) is 17.2 Å². The molecule has 13 heteroatoms. The second-order valence-corrected chi connectivity index (χ2v) is 10.7. The molecule has 188 valence electrons. The molecule has 1 aromatic carbocycles. The van der Waals surface area contributed by atoms with Crippen molar-refractivity contribution < 1.29 is 17.2 Å². The van der Waals surface area contributed by atoms with Gasteiger partial charge in [-0.25, -0.2) is 17.7 Å². The van der Waals surface area contributed by atoms with E-state index in [-0.39, 0.29) is 31.4 Å². The summed E-state index contributed by atoms with van der Waals surface area (Å²) >= 11 is 12.8. The Morgan fingerprint density at radius 1 is 1.09 bits per heavy atom. The number of aromatic nitrogens is 3. The van der Waals surface area contributed by atoms with Crippen molar-refractivity contribution in [2.75, 3.05) is 35.4 Å². The molecule has 35 heavy (non-hydrogen) atoms. The molecule has 1 N–H and O–H groups in total. The Labute approximate surface area is 212 Å². The monoisotopic (exact) mass is 544 g/mol. The third-order valence-electron chi connectivity index (χ3n) is 5.90. The first-order valence-corrected chi connectivity index (χ1v) is 13.0. The van der Waals surface area contributed by atoms with Crippen LogP contribution in [0.5, 0.6) is 0 Å². The van der Waals surface area contributed by atoms with Crippen molar-refractivity contribution in [3.63, 3.8) is 0 Å². The quantitative estimate of drug-likeness (QED) is 0.467. The zero-order valence-corrected chi connectivity index (χ0v) is 21.6. The van der Waals surface area contributed by atoms with Gasteiger partial charge in [-0.05, 0) is 49.2 Å². The molecule has 1 aliphatic rings. The van der Waals surface area contributed by atoms with E-state index in [2.05, 4.69) is 20.3 Å². The second kappa shape index (κ2) is 9.88. The number of nitrogens with one attached hydrogen (secondary N) is 1. The van der Waals surface area contributed by atoms with E-state index in [4.69, 9.17) is 23.2 Å². The summed E-state index contributed by atoms with van der Waals surface area (Å²) in [6.07, 6.45) is 1.64. The van der Waals surface area contributed by atoms with Crippen molar-refractivity contribution in [3.05, 3.63) is 51.9 Å². The highest BCUT2D eigenvalue weighted by atomic mass is 35.5. The van der Waals surface area contributed by atoms with Crippen LogP contribution in [0.25, 0.3) is 11.1 Å². The van der Waals surface area contributed by atoms with Gasteiger partial charge in [0.2, 0.25) is 0 Å². The van der Waals surface area contributed by atoms with E-state index < -0.39 is 21.5 Å². The number of piperazine rings is 1. The molecular weight excluding hydrogens is 521 g/mol. The molecule has 0 bridgehead atoms. The summed E-state index contributed by atoms with van der Waals surface area (Å²) in [5.41, 5.74) is 1.43. The maximum absolute atomic E-state index is 14.2. The molecule has 1 aliphatic heterocycles. The number of sulfonamides is 1. The van der Waals surface area contributed by atoms with Gasteiger partial charge < -0.3 is 10.2 Å².